The topological polar surface area (TPSA) is 29.1 Å². The predicted octanol–water partition coefficient (Wildman–Crippen LogP) is 0.597. The quantitative estimate of drug-likeness (QED) is 0.598. The van der Waals surface area contributed by atoms with Crippen molar-refractivity contribution in [3.05, 3.63) is 12.7 Å². The lowest BCUT2D eigenvalue weighted by Gasteiger charge is -2.00. The van der Waals surface area contributed by atoms with Gasteiger partial charge in [-0.1, -0.05) is 6.58 Å². The Balaban J connectivity index is 1.83. The summed E-state index contributed by atoms with van der Waals surface area (Å²) in [7, 11) is 0. The van der Waals surface area contributed by atoms with E-state index in [1.807, 2.05) is 0 Å². The van der Waals surface area contributed by atoms with Crippen molar-refractivity contribution in [2.75, 3.05) is 13.1 Å². The molecular weight excluding hydrogens is 138 g/mol. The number of rotatable bonds is 3. The molecule has 1 aliphatic carbocycles. The maximum atomic E-state index is 11.0. The molecule has 2 atom stereocenters. The minimum Gasteiger partial charge on any atom is -0.316 e. The van der Waals surface area contributed by atoms with E-state index in [1.165, 1.54) is 6.08 Å². The Morgan fingerprint density at radius 3 is 2.73 bits per heavy atom. The minimum absolute atomic E-state index is 0.212. The molecule has 0 bridgehead atoms. The Bertz CT molecular complexity index is 190. The number of piperidine rings is 1. The average molecular weight is 151 g/mol. The first kappa shape index (κ1) is 7.04. The normalized spacial score (nSPS) is 39.8. The number of carbonyl (C=O) groups is 1. The molecule has 2 aliphatic rings. The predicted molar refractivity (Wildman–Crippen MR) is 43.2 cm³/mol. The Morgan fingerprint density at radius 2 is 2.18 bits per heavy atom. The van der Waals surface area contributed by atoms with Gasteiger partial charge < -0.3 is 5.32 Å². The van der Waals surface area contributed by atoms with Crippen molar-refractivity contribution in [1.29, 1.82) is 0 Å². The molecule has 11 heavy (non-hydrogen) atoms. The highest BCUT2D eigenvalue weighted by molar-refractivity contribution is 5.89. The van der Waals surface area contributed by atoms with Gasteiger partial charge >= 0.3 is 0 Å². The molecule has 0 radical (unpaired) electrons. The smallest absolute Gasteiger partial charge is 0.155 e. The number of carbonyl (C=O) groups excluding carboxylic acids is 1. The van der Waals surface area contributed by atoms with E-state index >= 15 is 0 Å². The van der Waals surface area contributed by atoms with Crippen molar-refractivity contribution < 1.29 is 4.79 Å². The second kappa shape index (κ2) is 2.45. The molecule has 0 aromatic rings. The molecule has 1 aliphatic heterocycles. The molecule has 0 aromatic carbocycles. The van der Waals surface area contributed by atoms with Crippen LogP contribution in [0.5, 0.6) is 0 Å². The van der Waals surface area contributed by atoms with Crippen molar-refractivity contribution in [3.8, 4) is 0 Å². The van der Waals surface area contributed by atoms with Crippen LogP contribution in [-0.4, -0.2) is 18.9 Å². The highest BCUT2D eigenvalue weighted by atomic mass is 16.1. The third-order valence-electron chi connectivity index (χ3n) is 2.93. The molecule has 2 fully saturated rings. The van der Waals surface area contributed by atoms with Gasteiger partial charge in [0.05, 0.1) is 0 Å². The summed E-state index contributed by atoms with van der Waals surface area (Å²) in [6.07, 6.45) is 2.18. The monoisotopic (exact) mass is 151 g/mol. The van der Waals surface area contributed by atoms with Gasteiger partial charge in [-0.25, -0.2) is 0 Å². The lowest BCUT2D eigenvalue weighted by atomic mass is 10.1. The standard InChI is InChI=1S/C9H13NO/c1-2-6(11)3-7-8-4-10-5-9(7)8/h2,7-10H,1,3-5H2. The second-order valence-corrected chi connectivity index (χ2v) is 3.52. The van der Waals surface area contributed by atoms with E-state index in [2.05, 4.69) is 11.9 Å². The van der Waals surface area contributed by atoms with Crippen LogP contribution in [0.4, 0.5) is 0 Å². The fraction of sp³-hybridized carbons (Fsp3) is 0.667. The minimum atomic E-state index is 0.212. The van der Waals surface area contributed by atoms with E-state index in [0.29, 0.717) is 5.92 Å². The maximum absolute atomic E-state index is 11.0. The molecule has 1 saturated carbocycles. The molecule has 1 heterocycles. The molecule has 2 rings (SSSR count). The lowest BCUT2D eigenvalue weighted by molar-refractivity contribution is -0.115. The van der Waals surface area contributed by atoms with Crippen LogP contribution in [0.25, 0.3) is 0 Å². The van der Waals surface area contributed by atoms with Crippen molar-refractivity contribution in [2.24, 2.45) is 17.8 Å². The van der Waals surface area contributed by atoms with Crippen molar-refractivity contribution in [2.45, 2.75) is 6.42 Å². The number of hydrogen-bond donors (Lipinski definition) is 1. The van der Waals surface area contributed by atoms with Gasteiger partial charge in [0, 0.05) is 6.42 Å². The molecule has 1 N–H and O–H groups in total. The summed E-state index contributed by atoms with van der Waals surface area (Å²) in [6, 6.07) is 0. The molecule has 0 spiro atoms. The zero-order valence-corrected chi connectivity index (χ0v) is 6.55. The molecule has 2 unspecified atom stereocenters. The molecule has 2 heteroatoms. The first-order valence-corrected chi connectivity index (χ1v) is 4.19. The van der Waals surface area contributed by atoms with Gasteiger partial charge in [0.15, 0.2) is 5.78 Å². The average Bonchev–Trinajstić information content (AvgIpc) is 2.52. The number of nitrogens with one attached hydrogen (secondary N) is 1. The summed E-state index contributed by atoms with van der Waals surface area (Å²) < 4.78 is 0. The summed E-state index contributed by atoms with van der Waals surface area (Å²) >= 11 is 0. The van der Waals surface area contributed by atoms with Crippen LogP contribution in [0, 0.1) is 17.8 Å². The fourth-order valence-electron chi connectivity index (χ4n) is 2.16. The molecular formula is C9H13NO. The van der Waals surface area contributed by atoms with E-state index in [4.69, 9.17) is 0 Å². The van der Waals surface area contributed by atoms with Crippen molar-refractivity contribution >= 4 is 5.78 Å². The van der Waals surface area contributed by atoms with Gasteiger partial charge in [0.1, 0.15) is 0 Å². The summed E-state index contributed by atoms with van der Waals surface area (Å²) in [5.74, 6) is 2.50. The van der Waals surface area contributed by atoms with Crippen LogP contribution in [0.15, 0.2) is 12.7 Å². The van der Waals surface area contributed by atoms with Gasteiger partial charge in [-0.15, -0.1) is 0 Å². The first-order valence-electron chi connectivity index (χ1n) is 4.19. The number of fused-ring (bicyclic) bond motifs is 1. The van der Waals surface area contributed by atoms with Crippen LogP contribution >= 0.6 is 0 Å². The Hall–Kier alpha value is -0.630. The highest BCUT2D eigenvalue weighted by Crippen LogP contribution is 2.50. The third kappa shape index (κ3) is 1.11. The highest BCUT2D eigenvalue weighted by Gasteiger charge is 2.52. The number of ketones is 1. The second-order valence-electron chi connectivity index (χ2n) is 3.52. The molecule has 1 saturated heterocycles. The third-order valence-corrected chi connectivity index (χ3v) is 2.93. The van der Waals surface area contributed by atoms with E-state index in [9.17, 15) is 4.79 Å². The Kier molecular flexibility index (Phi) is 1.57. The van der Waals surface area contributed by atoms with Crippen LogP contribution < -0.4 is 5.32 Å². The van der Waals surface area contributed by atoms with Crippen LogP contribution in [0.2, 0.25) is 0 Å². The SMILES string of the molecule is C=CC(=O)CC1C2CNCC21. The van der Waals surface area contributed by atoms with Gasteiger partial charge in [0.25, 0.3) is 0 Å². The first-order chi connectivity index (χ1) is 5.33. The van der Waals surface area contributed by atoms with Gasteiger partial charge in [-0.3, -0.25) is 4.79 Å². The van der Waals surface area contributed by atoms with E-state index < -0.39 is 0 Å². The van der Waals surface area contributed by atoms with Crippen LogP contribution in [0.3, 0.4) is 0 Å². The number of allylic oxidation sites excluding steroid dienone is 1. The zero-order chi connectivity index (χ0) is 7.84. The molecule has 60 valence electrons. The summed E-state index contributed by atoms with van der Waals surface area (Å²) in [5.41, 5.74) is 0. The fourth-order valence-corrected chi connectivity index (χ4v) is 2.16. The molecule has 2 nitrogen and oxygen atoms in total. The summed E-state index contributed by atoms with van der Waals surface area (Å²) in [4.78, 5) is 11.0. The number of hydrogen-bond acceptors (Lipinski definition) is 2. The van der Waals surface area contributed by atoms with E-state index in [-0.39, 0.29) is 5.78 Å². The van der Waals surface area contributed by atoms with Gasteiger partial charge in [-0.2, -0.15) is 0 Å². The Labute approximate surface area is 66.7 Å². The van der Waals surface area contributed by atoms with E-state index in [0.717, 1.165) is 31.3 Å². The van der Waals surface area contributed by atoms with Crippen LogP contribution in [-0.2, 0) is 4.79 Å². The van der Waals surface area contributed by atoms with Crippen LogP contribution in [0.1, 0.15) is 6.42 Å². The Morgan fingerprint density at radius 1 is 1.55 bits per heavy atom. The zero-order valence-electron chi connectivity index (χ0n) is 6.55. The molecule has 0 amide bonds. The molecule has 0 aromatic heterocycles. The summed E-state index contributed by atoms with van der Waals surface area (Å²) in [5, 5.41) is 3.31. The van der Waals surface area contributed by atoms with Crippen molar-refractivity contribution in [3.63, 3.8) is 0 Å². The lowest BCUT2D eigenvalue weighted by Crippen LogP contribution is -2.15. The van der Waals surface area contributed by atoms with E-state index in [1.54, 1.807) is 0 Å². The van der Waals surface area contributed by atoms with Crippen molar-refractivity contribution in [1.82, 2.24) is 5.32 Å². The van der Waals surface area contributed by atoms with Gasteiger partial charge in [-0.05, 0) is 36.9 Å². The largest absolute Gasteiger partial charge is 0.316 e. The van der Waals surface area contributed by atoms with Gasteiger partial charge in [0.2, 0.25) is 0 Å². The maximum Gasteiger partial charge on any atom is 0.155 e. The summed E-state index contributed by atoms with van der Waals surface area (Å²) in [6.45, 7) is 5.72.